The highest BCUT2D eigenvalue weighted by molar-refractivity contribution is 5.85. The van der Waals surface area contributed by atoms with Crippen LogP contribution in [0, 0.1) is 0 Å². The first kappa shape index (κ1) is 8.48. The van der Waals surface area contributed by atoms with Crippen LogP contribution in [0.15, 0.2) is 36.4 Å². The lowest BCUT2D eigenvalue weighted by Crippen LogP contribution is -2.05. The second kappa shape index (κ2) is 2.83. The van der Waals surface area contributed by atoms with Crippen LogP contribution >= 0.6 is 0 Å². The Balaban J connectivity index is 2.01. The maximum absolute atomic E-state index is 11.1. The molecule has 2 heteroatoms. The van der Waals surface area contributed by atoms with Crippen molar-refractivity contribution in [1.82, 2.24) is 0 Å². The Labute approximate surface area is 87.9 Å². The predicted molar refractivity (Wildman–Crippen MR) is 57.6 cm³/mol. The summed E-state index contributed by atoms with van der Waals surface area (Å²) in [6, 6.07) is 5.81. The fourth-order valence-corrected chi connectivity index (χ4v) is 2.12. The molecule has 0 aromatic heterocycles. The lowest BCUT2D eigenvalue weighted by Gasteiger charge is -2.08. The minimum absolute atomic E-state index is 0.391. The van der Waals surface area contributed by atoms with Crippen molar-refractivity contribution in [3.8, 4) is 5.75 Å². The molecule has 1 saturated carbocycles. The first-order valence-electron chi connectivity index (χ1n) is 4.97. The predicted octanol–water partition coefficient (Wildman–Crippen LogP) is 2.66. The van der Waals surface area contributed by atoms with Crippen molar-refractivity contribution in [3.63, 3.8) is 0 Å². The number of hydrogen-bond acceptors (Lipinski definition) is 2. The smallest absolute Gasteiger partial charge is 0.335 e. The molecule has 1 atom stereocenters. The van der Waals surface area contributed by atoms with Gasteiger partial charge in [0.15, 0.2) is 0 Å². The van der Waals surface area contributed by atoms with Crippen LogP contribution in [0.4, 0.5) is 0 Å². The molecule has 3 rings (SSSR count). The van der Waals surface area contributed by atoms with Gasteiger partial charge in [0.1, 0.15) is 5.75 Å². The standard InChI is InChI=1S/C13H10O2/c1-2-12(14)15-11-5-3-4-8-6-9-7-10(9)13(8)11/h2-6,10H,1,7H2. The zero-order valence-electron chi connectivity index (χ0n) is 8.19. The van der Waals surface area contributed by atoms with E-state index in [1.54, 1.807) is 0 Å². The molecule has 0 aliphatic heterocycles. The van der Waals surface area contributed by atoms with Gasteiger partial charge in [-0.2, -0.15) is 0 Å². The van der Waals surface area contributed by atoms with Crippen molar-refractivity contribution in [1.29, 1.82) is 0 Å². The SMILES string of the molecule is C=CC(=O)Oc1cccc2c1C1CC1=C2. The second-order valence-electron chi connectivity index (χ2n) is 3.86. The largest absolute Gasteiger partial charge is 0.423 e. The van der Waals surface area contributed by atoms with Gasteiger partial charge in [-0.25, -0.2) is 4.79 Å². The van der Waals surface area contributed by atoms with E-state index in [0.717, 1.165) is 6.42 Å². The van der Waals surface area contributed by atoms with Gasteiger partial charge < -0.3 is 4.74 Å². The Morgan fingerprint density at radius 1 is 1.53 bits per heavy atom. The van der Waals surface area contributed by atoms with Gasteiger partial charge in [-0.1, -0.05) is 30.4 Å². The monoisotopic (exact) mass is 198 g/mol. The van der Waals surface area contributed by atoms with E-state index in [9.17, 15) is 4.79 Å². The van der Waals surface area contributed by atoms with Crippen LogP contribution in [0.5, 0.6) is 5.75 Å². The summed E-state index contributed by atoms with van der Waals surface area (Å²) in [6.45, 7) is 3.39. The Morgan fingerprint density at radius 3 is 3.20 bits per heavy atom. The van der Waals surface area contributed by atoms with E-state index >= 15 is 0 Å². The van der Waals surface area contributed by atoms with Crippen LogP contribution in [-0.2, 0) is 4.79 Å². The summed E-state index contributed by atoms with van der Waals surface area (Å²) < 4.78 is 5.21. The van der Waals surface area contributed by atoms with Crippen molar-refractivity contribution in [2.45, 2.75) is 12.3 Å². The molecule has 1 unspecified atom stereocenters. The Kier molecular flexibility index (Phi) is 1.60. The fourth-order valence-electron chi connectivity index (χ4n) is 2.12. The molecule has 0 amide bonds. The molecule has 1 aromatic carbocycles. The summed E-state index contributed by atoms with van der Waals surface area (Å²) >= 11 is 0. The Hall–Kier alpha value is -1.83. The summed E-state index contributed by atoms with van der Waals surface area (Å²) in [5, 5.41) is 0. The summed E-state index contributed by atoms with van der Waals surface area (Å²) in [6.07, 6.45) is 4.50. The summed E-state index contributed by atoms with van der Waals surface area (Å²) in [5.74, 6) is 0.803. The summed E-state index contributed by atoms with van der Waals surface area (Å²) in [7, 11) is 0. The quantitative estimate of drug-likeness (QED) is 0.415. The molecule has 0 radical (unpaired) electrons. The number of hydrogen-bond donors (Lipinski definition) is 0. The molecule has 0 bridgehead atoms. The molecule has 1 aromatic rings. The molecule has 2 aliphatic rings. The molecule has 15 heavy (non-hydrogen) atoms. The van der Waals surface area contributed by atoms with Gasteiger partial charge in [0.25, 0.3) is 0 Å². The van der Waals surface area contributed by atoms with Crippen LogP contribution in [0.1, 0.15) is 23.5 Å². The van der Waals surface area contributed by atoms with Gasteiger partial charge >= 0.3 is 5.97 Å². The number of carbonyl (C=O) groups is 1. The first-order valence-corrected chi connectivity index (χ1v) is 4.97. The molecule has 2 nitrogen and oxygen atoms in total. The van der Waals surface area contributed by atoms with Crippen molar-refractivity contribution in [2.75, 3.05) is 0 Å². The number of allylic oxidation sites excluding steroid dienone is 1. The number of benzene rings is 1. The van der Waals surface area contributed by atoms with Gasteiger partial charge in [0, 0.05) is 17.6 Å². The highest BCUT2D eigenvalue weighted by atomic mass is 16.5. The van der Waals surface area contributed by atoms with E-state index in [2.05, 4.69) is 18.7 Å². The second-order valence-corrected chi connectivity index (χ2v) is 3.86. The number of fused-ring (bicyclic) bond motifs is 3. The van der Waals surface area contributed by atoms with Crippen LogP contribution in [0.3, 0.4) is 0 Å². The first-order chi connectivity index (χ1) is 7.29. The van der Waals surface area contributed by atoms with Crippen molar-refractivity contribution in [2.24, 2.45) is 0 Å². The molecule has 0 N–H and O–H groups in total. The lowest BCUT2D eigenvalue weighted by atomic mass is 10.1. The minimum Gasteiger partial charge on any atom is -0.423 e. The van der Waals surface area contributed by atoms with Crippen molar-refractivity contribution >= 4 is 12.0 Å². The minimum atomic E-state index is -0.391. The number of ether oxygens (including phenoxy) is 1. The Morgan fingerprint density at radius 2 is 2.40 bits per heavy atom. The molecular formula is C13H10O2. The van der Waals surface area contributed by atoms with Gasteiger partial charge in [-0.15, -0.1) is 0 Å². The normalized spacial score (nSPS) is 20.0. The molecule has 0 saturated heterocycles. The molecule has 0 spiro atoms. The van der Waals surface area contributed by atoms with Crippen LogP contribution in [-0.4, -0.2) is 5.97 Å². The average molecular weight is 198 g/mol. The zero-order valence-corrected chi connectivity index (χ0v) is 8.19. The van der Waals surface area contributed by atoms with Crippen molar-refractivity contribution in [3.05, 3.63) is 47.6 Å². The van der Waals surface area contributed by atoms with Gasteiger partial charge in [-0.3, -0.25) is 0 Å². The third-order valence-electron chi connectivity index (χ3n) is 2.89. The molecular weight excluding hydrogens is 188 g/mol. The van der Waals surface area contributed by atoms with E-state index in [-0.39, 0.29) is 0 Å². The maximum Gasteiger partial charge on any atom is 0.335 e. The zero-order chi connectivity index (χ0) is 10.4. The molecule has 2 aliphatic carbocycles. The van der Waals surface area contributed by atoms with Gasteiger partial charge in [0.2, 0.25) is 0 Å². The number of esters is 1. The van der Waals surface area contributed by atoms with Crippen LogP contribution < -0.4 is 4.74 Å². The third kappa shape index (κ3) is 1.22. The lowest BCUT2D eigenvalue weighted by molar-refractivity contribution is -0.129. The van der Waals surface area contributed by atoms with Crippen LogP contribution in [0.2, 0.25) is 0 Å². The summed E-state index contributed by atoms with van der Waals surface area (Å²) in [4.78, 5) is 11.1. The number of carbonyl (C=O) groups excluding carboxylic acids is 1. The van der Waals surface area contributed by atoms with E-state index in [1.807, 2.05) is 12.1 Å². The van der Waals surface area contributed by atoms with E-state index in [1.165, 1.54) is 22.8 Å². The fraction of sp³-hybridized carbons (Fsp3) is 0.154. The molecule has 0 heterocycles. The summed E-state index contributed by atoms with van der Waals surface area (Å²) in [5.41, 5.74) is 3.81. The number of rotatable bonds is 2. The molecule has 1 fully saturated rings. The van der Waals surface area contributed by atoms with E-state index < -0.39 is 5.97 Å². The van der Waals surface area contributed by atoms with E-state index in [4.69, 9.17) is 4.74 Å². The van der Waals surface area contributed by atoms with Crippen molar-refractivity contribution < 1.29 is 9.53 Å². The van der Waals surface area contributed by atoms with E-state index in [0.29, 0.717) is 11.7 Å². The topological polar surface area (TPSA) is 26.3 Å². The van der Waals surface area contributed by atoms with Gasteiger partial charge in [0.05, 0.1) is 0 Å². The maximum atomic E-state index is 11.1. The highest BCUT2D eigenvalue weighted by Gasteiger charge is 2.39. The molecule has 74 valence electrons. The third-order valence-corrected chi connectivity index (χ3v) is 2.89. The average Bonchev–Trinajstić information content (AvgIpc) is 2.90. The Bertz CT molecular complexity index is 497. The van der Waals surface area contributed by atoms with Crippen LogP contribution in [0.25, 0.3) is 6.08 Å². The van der Waals surface area contributed by atoms with Gasteiger partial charge in [-0.05, 0) is 18.1 Å². The highest BCUT2D eigenvalue weighted by Crippen LogP contribution is 2.57.